The standard InChI is InChI=1S/C12H10O4/c13-12-9(3-4-14-12)5-8-1-2-10-11(6-8)16-7-15-10/h1-2,5-6H,3-4,7H2/b9-5+. The Morgan fingerprint density at radius 2 is 2.00 bits per heavy atom. The summed E-state index contributed by atoms with van der Waals surface area (Å²) in [6, 6.07) is 5.60. The monoisotopic (exact) mass is 218 g/mol. The smallest absolute Gasteiger partial charge is 0.334 e. The molecule has 2 heterocycles. The Labute approximate surface area is 92.4 Å². The molecule has 82 valence electrons. The number of esters is 1. The Morgan fingerprint density at radius 1 is 1.12 bits per heavy atom. The Kier molecular flexibility index (Phi) is 2.06. The molecule has 2 aliphatic rings. The van der Waals surface area contributed by atoms with Gasteiger partial charge in [0.1, 0.15) is 0 Å². The average Bonchev–Trinajstić information content (AvgIpc) is 2.88. The Morgan fingerprint density at radius 3 is 2.81 bits per heavy atom. The number of ether oxygens (including phenoxy) is 3. The highest BCUT2D eigenvalue weighted by Gasteiger charge is 2.19. The molecule has 0 aliphatic carbocycles. The SMILES string of the molecule is O=C1OCC/C1=C\c1ccc2c(c1)OCO2. The zero-order valence-electron chi connectivity index (χ0n) is 8.56. The first-order chi connectivity index (χ1) is 7.83. The van der Waals surface area contributed by atoms with E-state index in [4.69, 9.17) is 14.2 Å². The lowest BCUT2D eigenvalue weighted by atomic mass is 10.1. The molecule has 0 atom stereocenters. The van der Waals surface area contributed by atoms with Crippen LogP contribution in [0.5, 0.6) is 11.5 Å². The minimum absolute atomic E-state index is 0.224. The van der Waals surface area contributed by atoms with Crippen molar-refractivity contribution in [3.8, 4) is 11.5 Å². The number of carbonyl (C=O) groups excluding carboxylic acids is 1. The first kappa shape index (κ1) is 9.27. The van der Waals surface area contributed by atoms with Crippen molar-refractivity contribution in [2.24, 2.45) is 0 Å². The van der Waals surface area contributed by atoms with E-state index >= 15 is 0 Å². The summed E-state index contributed by atoms with van der Waals surface area (Å²) in [4.78, 5) is 11.3. The second-order valence-corrected chi connectivity index (χ2v) is 3.67. The highest BCUT2D eigenvalue weighted by atomic mass is 16.7. The summed E-state index contributed by atoms with van der Waals surface area (Å²) < 4.78 is 15.3. The van der Waals surface area contributed by atoms with Gasteiger partial charge in [-0.15, -0.1) is 0 Å². The number of rotatable bonds is 1. The van der Waals surface area contributed by atoms with Crippen LogP contribution < -0.4 is 9.47 Å². The summed E-state index contributed by atoms with van der Waals surface area (Å²) in [6.07, 6.45) is 2.50. The molecule has 0 amide bonds. The first-order valence-electron chi connectivity index (χ1n) is 5.10. The number of carbonyl (C=O) groups is 1. The summed E-state index contributed by atoms with van der Waals surface area (Å²) >= 11 is 0. The van der Waals surface area contributed by atoms with Gasteiger partial charge in [-0.05, 0) is 23.8 Å². The second-order valence-electron chi connectivity index (χ2n) is 3.67. The fraction of sp³-hybridized carbons (Fsp3) is 0.250. The maximum absolute atomic E-state index is 11.3. The molecule has 0 aromatic heterocycles. The van der Waals surface area contributed by atoms with Crippen molar-refractivity contribution >= 4 is 12.0 Å². The van der Waals surface area contributed by atoms with Gasteiger partial charge in [0.05, 0.1) is 6.61 Å². The van der Waals surface area contributed by atoms with Gasteiger partial charge in [-0.3, -0.25) is 0 Å². The molecule has 3 rings (SSSR count). The molecule has 1 aromatic rings. The number of hydrogen-bond donors (Lipinski definition) is 0. The van der Waals surface area contributed by atoms with Crippen LogP contribution in [0, 0.1) is 0 Å². The van der Waals surface area contributed by atoms with E-state index in [1.807, 2.05) is 24.3 Å². The molecule has 0 bridgehead atoms. The predicted octanol–water partition coefficient (Wildman–Crippen LogP) is 1.75. The Bertz CT molecular complexity index is 476. The highest BCUT2D eigenvalue weighted by Crippen LogP contribution is 2.33. The van der Waals surface area contributed by atoms with Gasteiger partial charge in [0, 0.05) is 12.0 Å². The quantitative estimate of drug-likeness (QED) is 0.532. The first-order valence-corrected chi connectivity index (χ1v) is 5.10. The van der Waals surface area contributed by atoms with Crippen LogP contribution in [0.1, 0.15) is 12.0 Å². The van der Waals surface area contributed by atoms with Gasteiger partial charge in [-0.2, -0.15) is 0 Å². The van der Waals surface area contributed by atoms with Crippen LogP contribution in [0.2, 0.25) is 0 Å². The molecule has 0 N–H and O–H groups in total. The van der Waals surface area contributed by atoms with Crippen molar-refractivity contribution in [3.63, 3.8) is 0 Å². The molecule has 0 unspecified atom stereocenters. The maximum Gasteiger partial charge on any atom is 0.334 e. The van der Waals surface area contributed by atoms with Crippen LogP contribution >= 0.6 is 0 Å². The van der Waals surface area contributed by atoms with Gasteiger partial charge >= 0.3 is 5.97 Å². The van der Waals surface area contributed by atoms with E-state index in [0.29, 0.717) is 18.6 Å². The number of hydrogen-bond acceptors (Lipinski definition) is 4. The average molecular weight is 218 g/mol. The molecule has 1 fully saturated rings. The van der Waals surface area contributed by atoms with Crippen molar-refractivity contribution in [1.82, 2.24) is 0 Å². The molecule has 4 heteroatoms. The van der Waals surface area contributed by atoms with Crippen molar-refractivity contribution in [1.29, 1.82) is 0 Å². The molecular weight excluding hydrogens is 208 g/mol. The molecule has 0 spiro atoms. The summed E-state index contributed by atoms with van der Waals surface area (Å²) in [7, 11) is 0. The molecule has 2 aliphatic heterocycles. The number of benzene rings is 1. The lowest BCUT2D eigenvalue weighted by Gasteiger charge is -1.98. The summed E-state index contributed by atoms with van der Waals surface area (Å²) in [5, 5.41) is 0. The molecule has 1 aromatic carbocycles. The van der Waals surface area contributed by atoms with Gasteiger partial charge in [0.25, 0.3) is 0 Å². The van der Waals surface area contributed by atoms with E-state index in [9.17, 15) is 4.79 Å². The summed E-state index contributed by atoms with van der Waals surface area (Å²) in [5.74, 6) is 1.24. The third-order valence-corrected chi connectivity index (χ3v) is 2.60. The molecule has 16 heavy (non-hydrogen) atoms. The van der Waals surface area contributed by atoms with Crippen LogP contribution in [0.25, 0.3) is 6.08 Å². The van der Waals surface area contributed by atoms with Crippen LogP contribution in [0.4, 0.5) is 0 Å². The van der Waals surface area contributed by atoms with Crippen LogP contribution in [-0.2, 0) is 9.53 Å². The van der Waals surface area contributed by atoms with E-state index in [1.165, 1.54) is 0 Å². The van der Waals surface area contributed by atoms with Gasteiger partial charge in [0.2, 0.25) is 6.79 Å². The minimum Gasteiger partial charge on any atom is -0.462 e. The maximum atomic E-state index is 11.3. The lowest BCUT2D eigenvalue weighted by molar-refractivity contribution is -0.134. The summed E-state index contributed by atoms with van der Waals surface area (Å²) in [6.45, 7) is 0.743. The number of cyclic esters (lactones) is 1. The van der Waals surface area contributed by atoms with Crippen molar-refractivity contribution in [2.75, 3.05) is 13.4 Å². The molecule has 0 radical (unpaired) electrons. The molecule has 1 saturated heterocycles. The van der Waals surface area contributed by atoms with Crippen molar-refractivity contribution in [3.05, 3.63) is 29.3 Å². The Balaban J connectivity index is 1.93. The van der Waals surface area contributed by atoms with Crippen LogP contribution in [-0.4, -0.2) is 19.4 Å². The molecule has 4 nitrogen and oxygen atoms in total. The zero-order valence-corrected chi connectivity index (χ0v) is 8.56. The number of fused-ring (bicyclic) bond motifs is 1. The largest absolute Gasteiger partial charge is 0.462 e. The predicted molar refractivity (Wildman–Crippen MR) is 56.1 cm³/mol. The van der Waals surface area contributed by atoms with Crippen LogP contribution in [0.15, 0.2) is 23.8 Å². The van der Waals surface area contributed by atoms with E-state index in [2.05, 4.69) is 0 Å². The topological polar surface area (TPSA) is 44.8 Å². The Hall–Kier alpha value is -1.97. The van der Waals surface area contributed by atoms with Gasteiger partial charge < -0.3 is 14.2 Å². The fourth-order valence-electron chi connectivity index (χ4n) is 1.78. The van der Waals surface area contributed by atoms with Crippen LogP contribution in [0.3, 0.4) is 0 Å². The molecule has 0 saturated carbocycles. The second kappa shape index (κ2) is 3.56. The summed E-state index contributed by atoms with van der Waals surface area (Å²) in [5.41, 5.74) is 1.64. The zero-order chi connectivity index (χ0) is 11.0. The molecular formula is C12H10O4. The minimum atomic E-state index is -0.224. The lowest BCUT2D eigenvalue weighted by Crippen LogP contribution is -1.94. The van der Waals surface area contributed by atoms with E-state index in [-0.39, 0.29) is 12.8 Å². The van der Waals surface area contributed by atoms with E-state index in [1.54, 1.807) is 0 Å². The van der Waals surface area contributed by atoms with E-state index < -0.39 is 0 Å². The fourth-order valence-corrected chi connectivity index (χ4v) is 1.78. The normalized spacial score (nSPS) is 20.2. The van der Waals surface area contributed by atoms with Gasteiger partial charge in [0.15, 0.2) is 11.5 Å². The van der Waals surface area contributed by atoms with Crippen molar-refractivity contribution < 1.29 is 19.0 Å². The highest BCUT2D eigenvalue weighted by molar-refractivity contribution is 5.95. The third-order valence-electron chi connectivity index (χ3n) is 2.60. The van der Waals surface area contributed by atoms with E-state index in [0.717, 1.165) is 17.1 Å². The third kappa shape index (κ3) is 1.52. The van der Waals surface area contributed by atoms with Gasteiger partial charge in [-0.25, -0.2) is 4.79 Å². The van der Waals surface area contributed by atoms with Gasteiger partial charge in [-0.1, -0.05) is 6.07 Å². The van der Waals surface area contributed by atoms with Crippen molar-refractivity contribution in [2.45, 2.75) is 6.42 Å².